The third kappa shape index (κ3) is 13.8. The van der Waals surface area contributed by atoms with Crippen LogP contribution >= 0.6 is 7.37 Å². The number of amides is 2. The molecule has 5 aromatic carbocycles. The normalized spacial score (nSPS) is 16.0. The van der Waals surface area contributed by atoms with Crippen molar-refractivity contribution in [2.24, 2.45) is 10.2 Å². The van der Waals surface area contributed by atoms with E-state index in [1.807, 2.05) is 0 Å². The molecule has 12 N–H and O–H groups in total. The monoisotopic (exact) mass is 1250 g/mol. The molecule has 85 heavy (non-hydrogen) atoms. The van der Waals surface area contributed by atoms with E-state index in [1.54, 1.807) is 19.1 Å². The van der Waals surface area contributed by atoms with E-state index in [0.29, 0.717) is 18.4 Å². The van der Waals surface area contributed by atoms with E-state index in [2.05, 4.69) is 26.2 Å². The summed E-state index contributed by atoms with van der Waals surface area (Å²) in [5.41, 5.74) is 4.69. The molecule has 0 bridgehead atoms. The zero-order valence-electron chi connectivity index (χ0n) is 44.8. The molecule has 3 aliphatic heterocycles. The fourth-order valence-corrected chi connectivity index (χ4v) is 13.0. The molecule has 3 heterocycles. The van der Waals surface area contributed by atoms with Crippen LogP contribution in [0.5, 0.6) is 17.2 Å². The number of nitrogens with zero attached hydrogens (tertiary/aromatic N) is 2. The number of aromatic carboxylic acids is 1. The van der Waals surface area contributed by atoms with Gasteiger partial charge in [-0.2, -0.15) is 30.0 Å². The number of esters is 1. The quantitative estimate of drug-likeness (QED) is 0.00969. The van der Waals surface area contributed by atoms with E-state index in [0.717, 1.165) is 30.3 Å². The van der Waals surface area contributed by atoms with Gasteiger partial charge in [0.05, 0.1) is 72.3 Å². The minimum atomic E-state index is -5.25. The number of carbonyl (C=O) groups is 4. The van der Waals surface area contributed by atoms with E-state index in [4.69, 9.17) is 35.2 Å². The van der Waals surface area contributed by atoms with Gasteiger partial charge in [0.2, 0.25) is 7.37 Å². The number of anilines is 2. The van der Waals surface area contributed by atoms with Crippen molar-refractivity contribution < 1.29 is 102 Å². The molecule has 3 atom stereocenters. The second-order valence-corrected chi connectivity index (χ2v) is 25.0. The van der Waals surface area contributed by atoms with Crippen LogP contribution in [-0.2, 0) is 50.3 Å². The van der Waals surface area contributed by atoms with Gasteiger partial charge in [-0.15, -0.1) is 10.2 Å². The van der Waals surface area contributed by atoms with Gasteiger partial charge in [-0.3, -0.25) is 23.3 Å². The molecule has 1 unspecified atom stereocenters. The molecule has 0 aromatic heterocycles. The number of fused-ring (bicyclic) bond motifs is 6. The summed E-state index contributed by atoms with van der Waals surface area (Å²) >= 11 is 0. The molecule has 1 spiro atoms. The second kappa shape index (κ2) is 25.2. The molecular weight excluding hydrogens is 1190 g/mol. The van der Waals surface area contributed by atoms with E-state index in [9.17, 15) is 78.0 Å². The summed E-state index contributed by atoms with van der Waals surface area (Å²) in [7, 11) is -14.3. The van der Waals surface area contributed by atoms with Crippen molar-refractivity contribution in [1.29, 1.82) is 0 Å². The average molecular weight is 1250 g/mol. The standard InChI is InChI=1S/C53H57F3N7O19PS2/c1-29(30-7-5-8-31(25-30)49(67)68)61-27-33(64)28-83(70,71)24-4-2-3-17-59-47(65)34-12-11-32(52(62-63-52)53(54,55)56)26-41(34)80-23-22-79-21-20-78-19-18-60-48(66)35-9-6-10-36-42(35)50(69)82-51(36)37-13-15-39(57)45(84(72,73)74)43(37)81-44-38(51)14-16-40(58)46(44)85(75,76)77/h5-16,25-26,29,33,61,64H,2-4,17-24,27-28,57-58H2,1H3,(H,59,65)(H,60,66)(H,67,68)(H,70,71)(H,72,73,74)(H,75,76,77)/t29-,33+/m1/s1. The first-order valence-electron chi connectivity index (χ1n) is 25.9. The Bertz CT molecular complexity index is 3670. The summed E-state index contributed by atoms with van der Waals surface area (Å²) in [5, 5.41) is 34.5. The van der Waals surface area contributed by atoms with Crippen molar-refractivity contribution in [3.63, 3.8) is 0 Å². The highest BCUT2D eigenvalue weighted by Gasteiger charge is 2.65. The first kappa shape index (κ1) is 63.4. The highest BCUT2D eigenvalue weighted by atomic mass is 32.2. The Morgan fingerprint density at radius 2 is 1.36 bits per heavy atom. The number of rotatable bonds is 28. The summed E-state index contributed by atoms with van der Waals surface area (Å²) in [6.07, 6.45) is -5.51. The number of halogens is 3. The molecule has 0 saturated heterocycles. The van der Waals surface area contributed by atoms with Crippen molar-refractivity contribution in [2.75, 3.05) is 76.5 Å². The zero-order chi connectivity index (χ0) is 61.9. The van der Waals surface area contributed by atoms with Gasteiger partial charge in [-0.25, -0.2) is 9.59 Å². The predicted octanol–water partition coefficient (Wildman–Crippen LogP) is 5.52. The third-order valence-electron chi connectivity index (χ3n) is 13.9. The molecule has 456 valence electrons. The average Bonchev–Trinajstić information content (AvgIpc) is 1.69. The van der Waals surface area contributed by atoms with Gasteiger partial charge in [0.15, 0.2) is 26.9 Å². The first-order chi connectivity index (χ1) is 40.0. The number of carboxylic acids is 1. The van der Waals surface area contributed by atoms with Gasteiger partial charge in [0.25, 0.3) is 32.1 Å². The van der Waals surface area contributed by atoms with Crippen molar-refractivity contribution in [3.8, 4) is 17.2 Å². The number of alkyl halides is 3. The van der Waals surface area contributed by atoms with Gasteiger partial charge in [0, 0.05) is 54.1 Å². The maximum absolute atomic E-state index is 14.0. The van der Waals surface area contributed by atoms with Crippen LogP contribution in [0.1, 0.15) is 101 Å². The maximum atomic E-state index is 14.0. The lowest BCUT2D eigenvalue weighted by Gasteiger charge is -2.37. The summed E-state index contributed by atoms with van der Waals surface area (Å²) < 4.78 is 155. The van der Waals surface area contributed by atoms with Crippen LogP contribution in [0, 0.1) is 0 Å². The fraction of sp³-hybridized carbons (Fsp3) is 0.358. The molecule has 0 aliphatic carbocycles. The molecule has 0 radical (unpaired) electrons. The highest BCUT2D eigenvalue weighted by molar-refractivity contribution is 7.86. The van der Waals surface area contributed by atoms with Crippen LogP contribution in [0.4, 0.5) is 24.5 Å². The number of hydrogen-bond acceptors (Lipinski definition) is 20. The van der Waals surface area contributed by atoms with Crippen LogP contribution in [0.3, 0.4) is 0 Å². The number of nitrogens with one attached hydrogen (secondary N) is 3. The van der Waals surface area contributed by atoms with Gasteiger partial charge in [-0.1, -0.05) is 36.8 Å². The fourth-order valence-electron chi connectivity index (χ4n) is 9.76. The summed E-state index contributed by atoms with van der Waals surface area (Å²) in [4.78, 5) is 60.7. The van der Waals surface area contributed by atoms with Crippen molar-refractivity contribution >= 4 is 62.7 Å². The molecule has 5 aromatic rings. The number of carbonyl (C=O) groups excluding carboxylic acids is 3. The van der Waals surface area contributed by atoms with Crippen LogP contribution < -0.4 is 36.9 Å². The van der Waals surface area contributed by atoms with Gasteiger partial charge < -0.3 is 66.2 Å². The molecule has 0 fully saturated rings. The Balaban J connectivity index is 0.806. The Morgan fingerprint density at radius 3 is 1.98 bits per heavy atom. The number of unbranched alkanes of at least 4 members (excludes halogenated alkanes) is 2. The Morgan fingerprint density at radius 1 is 0.765 bits per heavy atom. The van der Waals surface area contributed by atoms with Crippen LogP contribution in [0.2, 0.25) is 0 Å². The predicted molar refractivity (Wildman–Crippen MR) is 293 cm³/mol. The number of benzene rings is 5. The highest BCUT2D eigenvalue weighted by Crippen LogP contribution is 2.60. The van der Waals surface area contributed by atoms with Gasteiger partial charge >= 0.3 is 23.8 Å². The number of aliphatic hydroxyl groups excluding tert-OH is 1. The number of carboxylic acid groups (broad SMARTS) is 1. The topological polar surface area (TPSA) is 414 Å². The van der Waals surface area contributed by atoms with E-state index in [1.165, 1.54) is 42.5 Å². The maximum Gasteiger partial charge on any atom is 0.442 e. The number of ether oxygens (including phenoxy) is 5. The summed E-state index contributed by atoms with van der Waals surface area (Å²) in [5.74, 6) is -5.49. The Kier molecular flexibility index (Phi) is 18.8. The summed E-state index contributed by atoms with van der Waals surface area (Å²) in [6, 6.07) is 17.6. The number of nitrogens with two attached hydrogens (primary N) is 2. The molecule has 2 amide bonds. The van der Waals surface area contributed by atoms with Crippen LogP contribution in [-0.4, -0.2) is 142 Å². The molecular formula is C53H57F3N7O19PS2. The molecule has 26 nitrogen and oxygen atoms in total. The lowest BCUT2D eigenvalue weighted by molar-refractivity contribution is -0.166. The third-order valence-corrected chi connectivity index (χ3v) is 17.8. The molecule has 3 aliphatic rings. The second-order valence-electron chi connectivity index (χ2n) is 19.8. The van der Waals surface area contributed by atoms with Crippen LogP contribution in [0.15, 0.2) is 105 Å². The number of hydrogen-bond donors (Lipinski definition) is 10. The van der Waals surface area contributed by atoms with E-state index < -0.39 is 113 Å². The van der Waals surface area contributed by atoms with Crippen molar-refractivity contribution in [3.05, 3.63) is 135 Å². The number of nitrogen functional groups attached to an aromatic ring is 2. The SMILES string of the molecule is C[C@@H](NC[C@H](O)CP(=O)(O)CCCCCNC(=O)c1ccc(C2(C(F)(F)F)N=N2)cc1OCCOCCOCCNC(=O)c1cccc2c1C(=O)OC21c2ccc(N)c(S(=O)(=O)O)c2Oc2c1ccc(N)c2S(=O)(=O)O)c1cccc(C(=O)O)c1. The largest absolute Gasteiger partial charge is 0.490 e. The smallest absolute Gasteiger partial charge is 0.442 e. The minimum Gasteiger partial charge on any atom is -0.490 e. The number of aliphatic hydroxyl groups is 1. The lowest BCUT2D eigenvalue weighted by atomic mass is 9.77. The Hall–Kier alpha value is -7.58. The zero-order valence-corrected chi connectivity index (χ0v) is 47.4. The van der Waals surface area contributed by atoms with Gasteiger partial charge in [-0.05, 0) is 79.9 Å². The Labute approximate surface area is 483 Å². The van der Waals surface area contributed by atoms with E-state index in [-0.39, 0.29) is 122 Å². The van der Waals surface area contributed by atoms with E-state index >= 15 is 0 Å². The summed E-state index contributed by atoms with van der Waals surface area (Å²) in [6.45, 7) is 1.11. The molecule has 0 saturated carbocycles. The molecule has 32 heteroatoms. The van der Waals surface area contributed by atoms with Crippen LogP contribution in [0.25, 0.3) is 0 Å². The molecule has 8 rings (SSSR count). The minimum absolute atomic E-state index is 0.0287. The lowest BCUT2D eigenvalue weighted by Crippen LogP contribution is -2.34. The van der Waals surface area contributed by atoms with Gasteiger partial charge in [0.1, 0.15) is 12.4 Å². The first-order valence-corrected chi connectivity index (χ1v) is 30.8. The van der Waals surface area contributed by atoms with Crippen molar-refractivity contribution in [2.45, 2.75) is 65.6 Å². The van der Waals surface area contributed by atoms with Crippen molar-refractivity contribution in [1.82, 2.24) is 16.0 Å².